The Balaban J connectivity index is 1.69. The third-order valence-electron chi connectivity index (χ3n) is 4.34. The quantitative estimate of drug-likeness (QED) is 0.451. The number of hydrogen-bond donors (Lipinski definition) is 1. The SMILES string of the molecule is COc1ccc(NC(=O)/C(C#N)=C/c2cccc(OCc3cccc(C#N)c3)c2)cc1. The normalized spacial score (nSPS) is 10.5. The van der Waals surface area contributed by atoms with E-state index in [2.05, 4.69) is 11.4 Å². The van der Waals surface area contributed by atoms with Gasteiger partial charge in [-0.1, -0.05) is 24.3 Å². The van der Waals surface area contributed by atoms with Gasteiger partial charge < -0.3 is 14.8 Å². The minimum absolute atomic E-state index is 0.0327. The Morgan fingerprint density at radius 3 is 2.48 bits per heavy atom. The van der Waals surface area contributed by atoms with Crippen molar-refractivity contribution in [3.8, 4) is 23.6 Å². The van der Waals surface area contributed by atoms with Crippen molar-refractivity contribution in [2.24, 2.45) is 0 Å². The Morgan fingerprint density at radius 2 is 1.77 bits per heavy atom. The second-order valence-corrected chi connectivity index (χ2v) is 6.53. The molecule has 0 aliphatic rings. The van der Waals surface area contributed by atoms with Crippen LogP contribution in [0.5, 0.6) is 11.5 Å². The summed E-state index contributed by atoms with van der Waals surface area (Å²) >= 11 is 0. The summed E-state index contributed by atoms with van der Waals surface area (Å²) in [5, 5.41) is 21.1. The number of rotatable bonds is 7. The fraction of sp³-hybridized carbons (Fsp3) is 0.0800. The number of nitrogens with one attached hydrogen (secondary N) is 1. The molecule has 0 aromatic heterocycles. The van der Waals surface area contributed by atoms with Crippen molar-refractivity contribution < 1.29 is 14.3 Å². The molecule has 1 N–H and O–H groups in total. The van der Waals surface area contributed by atoms with E-state index in [-0.39, 0.29) is 5.57 Å². The highest BCUT2D eigenvalue weighted by atomic mass is 16.5. The predicted octanol–water partition coefficient (Wildman–Crippen LogP) is 4.69. The molecule has 0 unspecified atom stereocenters. The number of hydrogen-bond acceptors (Lipinski definition) is 5. The van der Waals surface area contributed by atoms with Gasteiger partial charge in [0.1, 0.15) is 29.7 Å². The van der Waals surface area contributed by atoms with Gasteiger partial charge in [-0.15, -0.1) is 0 Å². The highest BCUT2D eigenvalue weighted by Gasteiger charge is 2.10. The first-order chi connectivity index (χ1) is 15.1. The first kappa shape index (κ1) is 21.2. The molecule has 3 aromatic carbocycles. The average molecular weight is 409 g/mol. The molecule has 3 aromatic rings. The Hall–Kier alpha value is -4.55. The van der Waals surface area contributed by atoms with Crippen LogP contribution in [-0.2, 0) is 11.4 Å². The third kappa shape index (κ3) is 5.96. The molecule has 0 saturated heterocycles. The van der Waals surface area contributed by atoms with Crippen molar-refractivity contribution in [2.75, 3.05) is 12.4 Å². The van der Waals surface area contributed by atoms with Crippen LogP contribution in [0, 0.1) is 22.7 Å². The van der Waals surface area contributed by atoms with Crippen LogP contribution in [-0.4, -0.2) is 13.0 Å². The molecule has 0 spiro atoms. The highest BCUT2D eigenvalue weighted by molar-refractivity contribution is 6.09. The van der Waals surface area contributed by atoms with Crippen LogP contribution in [0.25, 0.3) is 6.08 Å². The van der Waals surface area contributed by atoms with E-state index < -0.39 is 5.91 Å². The van der Waals surface area contributed by atoms with E-state index in [1.807, 2.05) is 12.1 Å². The van der Waals surface area contributed by atoms with E-state index in [9.17, 15) is 10.1 Å². The number of carbonyl (C=O) groups is 1. The number of methoxy groups -OCH3 is 1. The van der Waals surface area contributed by atoms with Crippen molar-refractivity contribution in [3.63, 3.8) is 0 Å². The molecule has 0 radical (unpaired) electrons. The molecule has 0 fully saturated rings. The molecule has 0 aliphatic heterocycles. The second-order valence-electron chi connectivity index (χ2n) is 6.53. The first-order valence-electron chi connectivity index (χ1n) is 9.40. The Kier molecular flexibility index (Phi) is 7.03. The molecule has 6 nitrogen and oxygen atoms in total. The van der Waals surface area contributed by atoms with Crippen molar-refractivity contribution >= 4 is 17.7 Å². The zero-order valence-electron chi connectivity index (χ0n) is 16.8. The molecule has 31 heavy (non-hydrogen) atoms. The third-order valence-corrected chi connectivity index (χ3v) is 4.34. The molecular weight excluding hydrogens is 390 g/mol. The smallest absolute Gasteiger partial charge is 0.266 e. The minimum Gasteiger partial charge on any atom is -0.497 e. The van der Waals surface area contributed by atoms with Gasteiger partial charge >= 0.3 is 0 Å². The fourth-order valence-corrected chi connectivity index (χ4v) is 2.78. The summed E-state index contributed by atoms with van der Waals surface area (Å²) < 4.78 is 10.9. The topological polar surface area (TPSA) is 95.1 Å². The number of anilines is 1. The monoisotopic (exact) mass is 409 g/mol. The van der Waals surface area contributed by atoms with Crippen LogP contribution in [0.1, 0.15) is 16.7 Å². The fourth-order valence-electron chi connectivity index (χ4n) is 2.78. The number of amides is 1. The summed E-state index contributed by atoms with van der Waals surface area (Å²) in [5.74, 6) is 0.751. The summed E-state index contributed by atoms with van der Waals surface area (Å²) in [6.07, 6.45) is 1.50. The number of nitrogens with zero attached hydrogens (tertiary/aromatic N) is 2. The standard InChI is InChI=1S/C25H19N3O3/c1-30-23-10-8-22(9-11-23)28-25(29)21(16-27)13-18-4-3-7-24(14-18)31-17-20-6-2-5-19(12-20)15-26/h2-14H,17H2,1H3,(H,28,29)/b21-13+. The molecule has 0 bridgehead atoms. The summed E-state index contributed by atoms with van der Waals surface area (Å²) in [6, 6.07) is 25.1. The lowest BCUT2D eigenvalue weighted by Crippen LogP contribution is -2.13. The van der Waals surface area contributed by atoms with Gasteiger partial charge in [0.25, 0.3) is 5.91 Å². The van der Waals surface area contributed by atoms with Crippen molar-refractivity contribution in [2.45, 2.75) is 6.61 Å². The highest BCUT2D eigenvalue weighted by Crippen LogP contribution is 2.19. The molecular formula is C25H19N3O3. The van der Waals surface area contributed by atoms with Crippen LogP contribution in [0.4, 0.5) is 5.69 Å². The number of nitriles is 2. The summed E-state index contributed by atoms with van der Waals surface area (Å²) in [7, 11) is 1.56. The molecule has 0 aliphatic carbocycles. The lowest BCUT2D eigenvalue weighted by atomic mass is 10.1. The zero-order valence-corrected chi connectivity index (χ0v) is 16.8. The molecule has 152 valence electrons. The lowest BCUT2D eigenvalue weighted by molar-refractivity contribution is -0.112. The minimum atomic E-state index is -0.507. The molecule has 0 atom stereocenters. The Bertz CT molecular complexity index is 1190. The van der Waals surface area contributed by atoms with Gasteiger partial charge in [-0.2, -0.15) is 10.5 Å². The largest absolute Gasteiger partial charge is 0.497 e. The maximum absolute atomic E-state index is 12.5. The Morgan fingerprint density at radius 1 is 1.00 bits per heavy atom. The number of benzene rings is 3. The second kappa shape index (κ2) is 10.3. The molecule has 1 amide bonds. The predicted molar refractivity (Wildman–Crippen MR) is 117 cm³/mol. The van der Waals surface area contributed by atoms with Crippen LogP contribution in [0.3, 0.4) is 0 Å². The first-order valence-corrected chi connectivity index (χ1v) is 9.40. The van der Waals surface area contributed by atoms with Crippen molar-refractivity contribution in [1.82, 2.24) is 0 Å². The molecule has 0 heterocycles. The van der Waals surface area contributed by atoms with Gasteiger partial charge in [0.15, 0.2) is 0 Å². The van der Waals surface area contributed by atoms with E-state index in [0.29, 0.717) is 34.9 Å². The number of carbonyl (C=O) groups excluding carboxylic acids is 1. The van der Waals surface area contributed by atoms with Gasteiger partial charge in [-0.25, -0.2) is 0 Å². The van der Waals surface area contributed by atoms with E-state index in [1.165, 1.54) is 6.08 Å². The van der Waals surface area contributed by atoms with Gasteiger partial charge in [-0.3, -0.25) is 4.79 Å². The van der Waals surface area contributed by atoms with Gasteiger partial charge in [0, 0.05) is 5.69 Å². The van der Waals surface area contributed by atoms with E-state index in [1.54, 1.807) is 73.8 Å². The van der Waals surface area contributed by atoms with Crippen LogP contribution >= 0.6 is 0 Å². The molecule has 6 heteroatoms. The van der Waals surface area contributed by atoms with E-state index in [4.69, 9.17) is 14.7 Å². The van der Waals surface area contributed by atoms with Crippen LogP contribution in [0.2, 0.25) is 0 Å². The van der Waals surface area contributed by atoms with Gasteiger partial charge in [0.05, 0.1) is 18.7 Å². The van der Waals surface area contributed by atoms with E-state index >= 15 is 0 Å². The summed E-state index contributed by atoms with van der Waals surface area (Å²) in [5.41, 5.74) is 2.62. The van der Waals surface area contributed by atoms with Crippen LogP contribution < -0.4 is 14.8 Å². The maximum Gasteiger partial charge on any atom is 0.266 e. The lowest BCUT2D eigenvalue weighted by Gasteiger charge is -2.08. The number of ether oxygens (including phenoxy) is 2. The Labute approximate surface area is 180 Å². The van der Waals surface area contributed by atoms with Crippen LogP contribution in [0.15, 0.2) is 78.4 Å². The molecule has 0 saturated carbocycles. The van der Waals surface area contributed by atoms with Gasteiger partial charge in [-0.05, 0) is 65.7 Å². The van der Waals surface area contributed by atoms with Crippen molar-refractivity contribution in [1.29, 1.82) is 10.5 Å². The maximum atomic E-state index is 12.5. The zero-order chi connectivity index (χ0) is 22.1. The van der Waals surface area contributed by atoms with Gasteiger partial charge in [0.2, 0.25) is 0 Å². The van der Waals surface area contributed by atoms with Crippen molar-refractivity contribution in [3.05, 3.63) is 95.1 Å². The summed E-state index contributed by atoms with van der Waals surface area (Å²) in [4.78, 5) is 12.5. The van der Waals surface area contributed by atoms with E-state index in [0.717, 1.165) is 5.56 Å². The average Bonchev–Trinajstić information content (AvgIpc) is 2.82. The summed E-state index contributed by atoms with van der Waals surface area (Å²) in [6.45, 7) is 0.297. The molecule has 3 rings (SSSR count).